The van der Waals surface area contributed by atoms with Gasteiger partial charge in [0.25, 0.3) is 0 Å². The van der Waals surface area contributed by atoms with Gasteiger partial charge < -0.3 is 14.6 Å². The van der Waals surface area contributed by atoms with E-state index in [-0.39, 0.29) is 23.2 Å². The van der Waals surface area contributed by atoms with E-state index in [2.05, 4.69) is 26.8 Å². The Kier molecular flexibility index (Phi) is 4.13. The lowest BCUT2D eigenvalue weighted by Gasteiger charge is -2.47. The predicted molar refractivity (Wildman–Crippen MR) is 97.1 cm³/mol. The zero-order valence-corrected chi connectivity index (χ0v) is 16.0. The molecule has 0 unspecified atom stereocenters. The number of phenols is 1. The van der Waals surface area contributed by atoms with Crippen molar-refractivity contribution in [3.63, 3.8) is 0 Å². The Morgan fingerprint density at radius 3 is 2.68 bits per heavy atom. The van der Waals surface area contributed by atoms with Crippen molar-refractivity contribution in [2.75, 3.05) is 7.11 Å². The molecule has 0 radical (unpaired) electrons. The molecule has 2 atom stereocenters. The summed E-state index contributed by atoms with van der Waals surface area (Å²) in [5.41, 5.74) is 1.75. The molecule has 0 spiro atoms. The second kappa shape index (κ2) is 5.79. The number of phenolic OH excluding ortho intramolecular Hbond substituents is 1. The molecule has 0 fully saturated rings. The number of rotatable bonds is 2. The Hall–Kier alpha value is -1.97. The fourth-order valence-electron chi connectivity index (χ4n) is 4.30. The molecular formula is C21H28O4. The van der Waals surface area contributed by atoms with Gasteiger partial charge in [0.1, 0.15) is 17.1 Å². The third kappa shape index (κ3) is 2.82. The number of benzene rings is 1. The molecule has 1 heterocycles. The van der Waals surface area contributed by atoms with Crippen molar-refractivity contribution in [2.24, 2.45) is 5.92 Å². The Labute approximate surface area is 149 Å². The van der Waals surface area contributed by atoms with Crippen molar-refractivity contribution < 1.29 is 19.4 Å². The van der Waals surface area contributed by atoms with E-state index >= 15 is 0 Å². The summed E-state index contributed by atoms with van der Waals surface area (Å²) in [7, 11) is 1.38. The monoisotopic (exact) mass is 344 g/mol. The van der Waals surface area contributed by atoms with Crippen LogP contribution in [0.3, 0.4) is 0 Å². The molecule has 1 aliphatic carbocycles. The number of ether oxygens (including phenoxy) is 2. The maximum atomic E-state index is 12.2. The third-order valence-corrected chi connectivity index (χ3v) is 5.92. The van der Waals surface area contributed by atoms with Crippen molar-refractivity contribution >= 4 is 5.97 Å². The van der Waals surface area contributed by atoms with Gasteiger partial charge in [0, 0.05) is 17.4 Å². The molecule has 3 rings (SSSR count). The molecule has 4 nitrogen and oxygen atoms in total. The highest BCUT2D eigenvalue weighted by Gasteiger charge is 2.46. The highest BCUT2D eigenvalue weighted by Crippen LogP contribution is 2.54. The van der Waals surface area contributed by atoms with Gasteiger partial charge in [-0.2, -0.15) is 0 Å². The smallest absolute Gasteiger partial charge is 0.315 e. The normalized spacial score (nSPS) is 24.5. The summed E-state index contributed by atoms with van der Waals surface area (Å²) >= 11 is 0. The molecule has 1 N–H and O–H groups in total. The number of fused-ring (bicyclic) bond motifs is 3. The van der Waals surface area contributed by atoms with E-state index in [1.165, 1.54) is 12.7 Å². The predicted octanol–water partition coefficient (Wildman–Crippen LogP) is 4.45. The summed E-state index contributed by atoms with van der Waals surface area (Å²) in [5.74, 6) is 1.13. The van der Waals surface area contributed by atoms with Crippen molar-refractivity contribution in [2.45, 2.75) is 64.4 Å². The van der Waals surface area contributed by atoms with Crippen LogP contribution in [0.4, 0.5) is 0 Å². The molecule has 0 saturated carbocycles. The highest BCUT2D eigenvalue weighted by atomic mass is 16.5. The van der Waals surface area contributed by atoms with Crippen LogP contribution in [0.15, 0.2) is 23.8 Å². The fourth-order valence-corrected chi connectivity index (χ4v) is 4.30. The first-order chi connectivity index (χ1) is 11.6. The summed E-state index contributed by atoms with van der Waals surface area (Å²) < 4.78 is 11.2. The first-order valence-electron chi connectivity index (χ1n) is 8.88. The van der Waals surface area contributed by atoms with Crippen LogP contribution in [-0.2, 0) is 14.9 Å². The van der Waals surface area contributed by atoms with E-state index in [0.717, 1.165) is 18.4 Å². The fraction of sp³-hybridized carbons (Fsp3) is 0.571. The number of aromatic hydroxyl groups is 1. The summed E-state index contributed by atoms with van der Waals surface area (Å²) in [6, 6.07) is 3.60. The molecule has 4 heteroatoms. The van der Waals surface area contributed by atoms with Gasteiger partial charge in [-0.3, -0.25) is 4.79 Å². The molecule has 0 aromatic heterocycles. The second-order valence-electron chi connectivity index (χ2n) is 8.43. The minimum Gasteiger partial charge on any atom is -0.508 e. The third-order valence-electron chi connectivity index (χ3n) is 5.92. The van der Waals surface area contributed by atoms with Gasteiger partial charge in [-0.15, -0.1) is 0 Å². The van der Waals surface area contributed by atoms with E-state index in [9.17, 15) is 9.90 Å². The number of allylic oxidation sites excluding steroid dienone is 2. The van der Waals surface area contributed by atoms with Gasteiger partial charge in [-0.25, -0.2) is 0 Å². The standard InChI is InChI=1S/C21H28O4/c1-12-7-8-15-14(9-12)18-16(22)10-13(20(2,3)19(23)24-6)11-17(18)25-21(15,4)5/h7,10-11,14-15,22H,8-9H2,1-6H3/t14-,15-/m1/s1. The summed E-state index contributed by atoms with van der Waals surface area (Å²) in [6.07, 6.45) is 4.17. The number of carbonyl (C=O) groups excluding carboxylic acids is 1. The lowest BCUT2D eigenvalue weighted by Crippen LogP contribution is -2.45. The van der Waals surface area contributed by atoms with Crippen molar-refractivity contribution in [1.29, 1.82) is 0 Å². The molecule has 1 aromatic rings. The molecule has 2 aliphatic rings. The molecule has 136 valence electrons. The van der Waals surface area contributed by atoms with E-state index in [1.54, 1.807) is 19.9 Å². The zero-order valence-electron chi connectivity index (χ0n) is 16.0. The van der Waals surface area contributed by atoms with Gasteiger partial charge in [0.05, 0.1) is 12.5 Å². The first kappa shape index (κ1) is 17.8. The lowest BCUT2D eigenvalue weighted by atomic mass is 9.67. The van der Waals surface area contributed by atoms with Crippen molar-refractivity contribution in [3.05, 3.63) is 34.9 Å². The Morgan fingerprint density at radius 2 is 2.04 bits per heavy atom. The van der Waals surface area contributed by atoms with Crippen LogP contribution in [0, 0.1) is 5.92 Å². The number of hydrogen-bond donors (Lipinski definition) is 1. The highest BCUT2D eigenvalue weighted by molar-refractivity contribution is 5.82. The largest absolute Gasteiger partial charge is 0.508 e. The number of methoxy groups -OCH3 is 1. The van der Waals surface area contributed by atoms with Crippen LogP contribution in [0.2, 0.25) is 0 Å². The molecule has 0 saturated heterocycles. The Bertz CT molecular complexity index is 743. The maximum absolute atomic E-state index is 12.2. The van der Waals surface area contributed by atoms with Gasteiger partial charge in [0.15, 0.2) is 0 Å². The molecule has 25 heavy (non-hydrogen) atoms. The van der Waals surface area contributed by atoms with Gasteiger partial charge >= 0.3 is 5.97 Å². The summed E-state index contributed by atoms with van der Waals surface area (Å²) in [5, 5.41) is 10.8. The van der Waals surface area contributed by atoms with Gasteiger partial charge in [-0.05, 0) is 65.2 Å². The van der Waals surface area contributed by atoms with Crippen LogP contribution >= 0.6 is 0 Å². The van der Waals surface area contributed by atoms with Gasteiger partial charge in [-0.1, -0.05) is 11.6 Å². The topological polar surface area (TPSA) is 55.8 Å². The minimum absolute atomic E-state index is 0.213. The number of hydrogen-bond acceptors (Lipinski definition) is 4. The molecule has 1 aromatic carbocycles. The average molecular weight is 344 g/mol. The first-order valence-corrected chi connectivity index (χ1v) is 8.88. The van der Waals surface area contributed by atoms with Crippen LogP contribution in [0.25, 0.3) is 0 Å². The SMILES string of the molecule is COC(=O)C(C)(C)c1cc(O)c2c(c1)OC(C)(C)[C@@H]1CC=C(C)C[C@@H]21. The quantitative estimate of drug-likeness (QED) is 0.636. The molecule has 1 aliphatic heterocycles. The Balaban J connectivity index is 2.13. The zero-order chi connectivity index (χ0) is 18.6. The molecular weight excluding hydrogens is 316 g/mol. The maximum Gasteiger partial charge on any atom is 0.315 e. The summed E-state index contributed by atoms with van der Waals surface area (Å²) in [6.45, 7) is 9.95. The number of carbonyl (C=O) groups is 1. The average Bonchev–Trinajstić information content (AvgIpc) is 2.52. The van der Waals surface area contributed by atoms with Crippen LogP contribution < -0.4 is 4.74 Å². The number of esters is 1. The van der Waals surface area contributed by atoms with Crippen molar-refractivity contribution in [1.82, 2.24) is 0 Å². The van der Waals surface area contributed by atoms with Crippen LogP contribution in [-0.4, -0.2) is 23.8 Å². The molecule has 0 bridgehead atoms. The Morgan fingerprint density at radius 1 is 1.36 bits per heavy atom. The van der Waals surface area contributed by atoms with E-state index < -0.39 is 5.41 Å². The van der Waals surface area contributed by atoms with E-state index in [1.807, 2.05) is 6.07 Å². The van der Waals surface area contributed by atoms with Crippen LogP contribution in [0.1, 0.15) is 64.5 Å². The van der Waals surface area contributed by atoms with E-state index in [0.29, 0.717) is 17.2 Å². The van der Waals surface area contributed by atoms with E-state index in [4.69, 9.17) is 9.47 Å². The lowest BCUT2D eigenvalue weighted by molar-refractivity contribution is -0.146. The minimum atomic E-state index is -0.853. The van der Waals surface area contributed by atoms with Crippen LogP contribution in [0.5, 0.6) is 11.5 Å². The second-order valence-corrected chi connectivity index (χ2v) is 8.43. The van der Waals surface area contributed by atoms with Gasteiger partial charge in [0.2, 0.25) is 0 Å². The van der Waals surface area contributed by atoms with Crippen molar-refractivity contribution in [3.8, 4) is 11.5 Å². The molecule has 0 amide bonds. The summed E-state index contributed by atoms with van der Waals surface area (Å²) in [4.78, 5) is 12.2.